The van der Waals surface area contributed by atoms with Gasteiger partial charge in [0, 0.05) is 25.2 Å². The Kier molecular flexibility index (Phi) is 4.78. The number of likely N-dealkylation sites (tertiary alicyclic amines) is 1. The molecule has 20 heavy (non-hydrogen) atoms. The second kappa shape index (κ2) is 6.37. The van der Waals surface area contributed by atoms with Crippen molar-refractivity contribution in [1.82, 2.24) is 10.2 Å². The highest BCUT2D eigenvalue weighted by Crippen LogP contribution is 2.30. The molecule has 1 amide bonds. The van der Waals surface area contributed by atoms with Gasteiger partial charge in [0.2, 0.25) is 5.91 Å². The summed E-state index contributed by atoms with van der Waals surface area (Å²) in [6.45, 7) is 4.90. The van der Waals surface area contributed by atoms with Crippen LogP contribution in [0.1, 0.15) is 25.3 Å². The van der Waals surface area contributed by atoms with E-state index in [9.17, 15) is 4.79 Å². The summed E-state index contributed by atoms with van der Waals surface area (Å²) >= 11 is 0. The normalized spacial score (nSPS) is 20.5. The first kappa shape index (κ1) is 15.0. The quantitative estimate of drug-likeness (QED) is 0.853. The third-order valence-corrected chi connectivity index (χ3v) is 4.75. The number of benzene rings is 1. The average Bonchev–Trinajstić information content (AvgIpc) is 2.48. The standard InChI is InChI=1S/C16H25N3O/c1-13(15(17)20)16(18-2)8-10-19(11-9-16)12-14-6-4-3-5-7-14/h3-7,13,18H,8-12H2,1-2H3,(H2,17,20). The molecule has 1 unspecified atom stereocenters. The summed E-state index contributed by atoms with van der Waals surface area (Å²) < 4.78 is 0. The molecule has 0 aliphatic carbocycles. The van der Waals surface area contributed by atoms with Gasteiger partial charge in [-0.15, -0.1) is 0 Å². The highest BCUT2D eigenvalue weighted by molar-refractivity contribution is 5.77. The van der Waals surface area contributed by atoms with Gasteiger partial charge in [-0.2, -0.15) is 0 Å². The van der Waals surface area contributed by atoms with Gasteiger partial charge in [0.1, 0.15) is 0 Å². The maximum atomic E-state index is 11.5. The summed E-state index contributed by atoms with van der Waals surface area (Å²) in [4.78, 5) is 13.9. The average molecular weight is 275 g/mol. The van der Waals surface area contributed by atoms with Crippen molar-refractivity contribution in [3.05, 3.63) is 35.9 Å². The van der Waals surface area contributed by atoms with Crippen LogP contribution in [0.3, 0.4) is 0 Å². The van der Waals surface area contributed by atoms with Gasteiger partial charge in [-0.05, 0) is 25.5 Å². The van der Waals surface area contributed by atoms with Crippen LogP contribution in [0.4, 0.5) is 0 Å². The van der Waals surface area contributed by atoms with E-state index in [0.717, 1.165) is 32.5 Å². The van der Waals surface area contributed by atoms with Crippen molar-refractivity contribution in [2.24, 2.45) is 11.7 Å². The molecule has 0 radical (unpaired) electrons. The van der Waals surface area contributed by atoms with Gasteiger partial charge in [-0.1, -0.05) is 37.3 Å². The van der Waals surface area contributed by atoms with Gasteiger partial charge in [-0.3, -0.25) is 9.69 Å². The van der Waals surface area contributed by atoms with E-state index in [4.69, 9.17) is 5.73 Å². The molecular weight excluding hydrogens is 250 g/mol. The molecule has 1 aromatic carbocycles. The minimum absolute atomic E-state index is 0.133. The minimum atomic E-state index is -0.212. The number of primary amides is 1. The fraction of sp³-hybridized carbons (Fsp3) is 0.562. The Morgan fingerprint density at radius 1 is 1.35 bits per heavy atom. The van der Waals surface area contributed by atoms with E-state index < -0.39 is 0 Å². The predicted octanol–water partition coefficient (Wildman–Crippen LogP) is 1.36. The molecule has 3 N–H and O–H groups in total. The van der Waals surface area contributed by atoms with Gasteiger partial charge in [0.25, 0.3) is 0 Å². The Morgan fingerprint density at radius 3 is 2.45 bits per heavy atom. The Balaban J connectivity index is 1.95. The first-order chi connectivity index (χ1) is 9.57. The summed E-state index contributed by atoms with van der Waals surface area (Å²) in [7, 11) is 1.94. The van der Waals surface area contributed by atoms with Crippen molar-refractivity contribution in [3.63, 3.8) is 0 Å². The summed E-state index contributed by atoms with van der Waals surface area (Å²) in [5, 5.41) is 3.36. The van der Waals surface area contributed by atoms with E-state index in [1.54, 1.807) is 0 Å². The van der Waals surface area contributed by atoms with E-state index in [0.29, 0.717) is 0 Å². The van der Waals surface area contributed by atoms with Gasteiger partial charge >= 0.3 is 0 Å². The largest absolute Gasteiger partial charge is 0.369 e. The van der Waals surface area contributed by atoms with Crippen LogP contribution in [-0.2, 0) is 11.3 Å². The summed E-state index contributed by atoms with van der Waals surface area (Å²) in [5.74, 6) is -0.345. The smallest absolute Gasteiger partial charge is 0.222 e. The molecule has 1 heterocycles. The van der Waals surface area contributed by atoms with Gasteiger partial charge < -0.3 is 11.1 Å². The predicted molar refractivity (Wildman–Crippen MR) is 81.1 cm³/mol. The molecule has 1 saturated heterocycles. The molecular formula is C16H25N3O. The van der Waals surface area contributed by atoms with Crippen LogP contribution >= 0.6 is 0 Å². The lowest BCUT2D eigenvalue weighted by atomic mass is 9.76. The molecule has 1 aliphatic heterocycles. The number of piperidine rings is 1. The molecule has 1 fully saturated rings. The Labute approximate surface area is 121 Å². The van der Waals surface area contributed by atoms with Crippen LogP contribution in [0, 0.1) is 5.92 Å². The molecule has 1 aliphatic rings. The monoisotopic (exact) mass is 275 g/mol. The van der Waals surface area contributed by atoms with Crippen LogP contribution < -0.4 is 11.1 Å². The van der Waals surface area contributed by atoms with Crippen molar-refractivity contribution in [3.8, 4) is 0 Å². The van der Waals surface area contributed by atoms with Crippen molar-refractivity contribution >= 4 is 5.91 Å². The van der Waals surface area contributed by atoms with Gasteiger partial charge in [0.05, 0.1) is 5.92 Å². The zero-order chi connectivity index (χ0) is 14.6. The van der Waals surface area contributed by atoms with Crippen molar-refractivity contribution in [2.45, 2.75) is 31.8 Å². The second-order valence-corrected chi connectivity index (χ2v) is 5.79. The molecule has 0 saturated carbocycles. The number of carbonyl (C=O) groups excluding carboxylic acids is 1. The zero-order valence-corrected chi connectivity index (χ0v) is 12.4. The fourth-order valence-corrected chi connectivity index (χ4v) is 3.12. The van der Waals surface area contributed by atoms with E-state index in [1.807, 2.05) is 20.0 Å². The molecule has 0 aromatic heterocycles. The van der Waals surface area contributed by atoms with Crippen molar-refractivity contribution in [2.75, 3.05) is 20.1 Å². The van der Waals surface area contributed by atoms with E-state index in [2.05, 4.69) is 34.5 Å². The zero-order valence-electron chi connectivity index (χ0n) is 12.4. The summed E-state index contributed by atoms with van der Waals surface area (Å²) in [6, 6.07) is 10.5. The second-order valence-electron chi connectivity index (χ2n) is 5.79. The summed E-state index contributed by atoms with van der Waals surface area (Å²) in [6.07, 6.45) is 1.92. The number of carbonyl (C=O) groups is 1. The lowest BCUT2D eigenvalue weighted by molar-refractivity contribution is -0.124. The lowest BCUT2D eigenvalue weighted by Gasteiger charge is -2.44. The number of nitrogens with one attached hydrogen (secondary N) is 1. The van der Waals surface area contributed by atoms with Crippen molar-refractivity contribution < 1.29 is 4.79 Å². The maximum Gasteiger partial charge on any atom is 0.222 e. The number of nitrogens with two attached hydrogens (primary N) is 1. The molecule has 4 heteroatoms. The number of hydrogen-bond acceptors (Lipinski definition) is 3. The first-order valence-electron chi connectivity index (χ1n) is 7.32. The number of nitrogens with zero attached hydrogens (tertiary/aromatic N) is 1. The lowest BCUT2D eigenvalue weighted by Crippen LogP contribution is -2.58. The number of amides is 1. The van der Waals surface area contributed by atoms with E-state index >= 15 is 0 Å². The van der Waals surface area contributed by atoms with Gasteiger partial charge in [-0.25, -0.2) is 0 Å². The highest BCUT2D eigenvalue weighted by Gasteiger charge is 2.40. The molecule has 4 nitrogen and oxygen atoms in total. The van der Waals surface area contributed by atoms with Crippen LogP contribution in [-0.4, -0.2) is 36.5 Å². The summed E-state index contributed by atoms with van der Waals surface area (Å²) in [5.41, 5.74) is 6.69. The van der Waals surface area contributed by atoms with Crippen LogP contribution in [0.5, 0.6) is 0 Å². The number of hydrogen-bond donors (Lipinski definition) is 2. The van der Waals surface area contributed by atoms with Crippen LogP contribution in [0.25, 0.3) is 0 Å². The molecule has 1 aromatic rings. The third kappa shape index (κ3) is 3.19. The fourth-order valence-electron chi connectivity index (χ4n) is 3.12. The first-order valence-corrected chi connectivity index (χ1v) is 7.32. The van der Waals surface area contributed by atoms with Crippen LogP contribution in [0.2, 0.25) is 0 Å². The Bertz CT molecular complexity index is 438. The SMILES string of the molecule is CNC1(C(C)C(N)=O)CCN(Cc2ccccc2)CC1. The molecule has 2 rings (SSSR count). The molecule has 1 atom stereocenters. The Morgan fingerprint density at radius 2 is 1.95 bits per heavy atom. The molecule has 0 spiro atoms. The van der Waals surface area contributed by atoms with Gasteiger partial charge in [0.15, 0.2) is 0 Å². The molecule has 110 valence electrons. The molecule has 0 bridgehead atoms. The Hall–Kier alpha value is -1.39. The van der Waals surface area contributed by atoms with Crippen LogP contribution in [0.15, 0.2) is 30.3 Å². The highest BCUT2D eigenvalue weighted by atomic mass is 16.1. The third-order valence-electron chi connectivity index (χ3n) is 4.75. The topological polar surface area (TPSA) is 58.4 Å². The number of rotatable bonds is 5. The maximum absolute atomic E-state index is 11.5. The minimum Gasteiger partial charge on any atom is -0.369 e. The van der Waals surface area contributed by atoms with E-state index in [-0.39, 0.29) is 17.4 Å². The van der Waals surface area contributed by atoms with E-state index in [1.165, 1.54) is 5.56 Å². The van der Waals surface area contributed by atoms with Crippen molar-refractivity contribution in [1.29, 1.82) is 0 Å².